The first-order valence-electron chi connectivity index (χ1n) is 12.2. The number of ether oxygens (including phenoxy) is 1. The highest BCUT2D eigenvalue weighted by atomic mass is 16.5. The summed E-state index contributed by atoms with van der Waals surface area (Å²) in [5, 5.41) is 11.4. The summed E-state index contributed by atoms with van der Waals surface area (Å²) in [7, 11) is 0. The summed E-state index contributed by atoms with van der Waals surface area (Å²) in [6.45, 7) is 9.16. The van der Waals surface area contributed by atoms with Crippen molar-refractivity contribution in [2.75, 3.05) is 6.61 Å². The van der Waals surface area contributed by atoms with Crippen LogP contribution in [0.1, 0.15) is 62.4 Å². The molecule has 6 heteroatoms. The van der Waals surface area contributed by atoms with Gasteiger partial charge in [0.25, 0.3) is 11.7 Å². The van der Waals surface area contributed by atoms with Crippen LogP contribution >= 0.6 is 0 Å². The number of carbonyl (C=O) groups excluding carboxylic acids is 2. The summed E-state index contributed by atoms with van der Waals surface area (Å²) in [6, 6.07) is 17.8. The maximum absolute atomic E-state index is 13.3. The summed E-state index contributed by atoms with van der Waals surface area (Å²) < 4.78 is 5.71. The highest BCUT2D eigenvalue weighted by Crippen LogP contribution is 2.41. The minimum Gasteiger partial charge on any atom is -0.507 e. The van der Waals surface area contributed by atoms with Gasteiger partial charge >= 0.3 is 0 Å². The first-order chi connectivity index (χ1) is 17.2. The number of amides is 1. The zero-order chi connectivity index (χ0) is 25.9. The Morgan fingerprint density at radius 1 is 1.03 bits per heavy atom. The highest BCUT2D eigenvalue weighted by molar-refractivity contribution is 6.46. The Hall–Kier alpha value is -3.93. The Labute approximate surface area is 212 Å². The summed E-state index contributed by atoms with van der Waals surface area (Å²) >= 11 is 0. The first kappa shape index (κ1) is 25.2. The minimum atomic E-state index is -0.729. The van der Waals surface area contributed by atoms with Crippen LogP contribution in [0.3, 0.4) is 0 Å². The van der Waals surface area contributed by atoms with Crippen molar-refractivity contribution in [3.05, 3.63) is 101 Å². The molecule has 4 rings (SSSR count). The molecular formula is C30H32N2O4. The Morgan fingerprint density at radius 2 is 1.72 bits per heavy atom. The van der Waals surface area contributed by atoms with Crippen molar-refractivity contribution in [2.24, 2.45) is 0 Å². The number of pyridine rings is 1. The quantitative estimate of drug-likeness (QED) is 0.261. The highest BCUT2D eigenvalue weighted by Gasteiger charge is 2.46. The van der Waals surface area contributed by atoms with Gasteiger partial charge in [0.15, 0.2) is 0 Å². The molecule has 1 aliphatic heterocycles. The monoisotopic (exact) mass is 484 g/mol. The van der Waals surface area contributed by atoms with E-state index < -0.39 is 17.7 Å². The van der Waals surface area contributed by atoms with E-state index in [2.05, 4.69) is 25.8 Å². The summed E-state index contributed by atoms with van der Waals surface area (Å²) in [4.78, 5) is 32.2. The van der Waals surface area contributed by atoms with Crippen LogP contribution in [0.2, 0.25) is 0 Å². The largest absolute Gasteiger partial charge is 0.507 e. The third-order valence-corrected chi connectivity index (χ3v) is 6.32. The lowest BCUT2D eigenvalue weighted by Gasteiger charge is -2.26. The molecule has 1 aliphatic rings. The first-order valence-corrected chi connectivity index (χ1v) is 12.2. The van der Waals surface area contributed by atoms with Crippen molar-refractivity contribution >= 4 is 17.4 Å². The Kier molecular flexibility index (Phi) is 7.25. The third-order valence-electron chi connectivity index (χ3n) is 6.32. The lowest BCUT2D eigenvalue weighted by molar-refractivity contribution is -0.140. The number of likely N-dealkylation sites (tertiary alicyclic amines) is 1. The van der Waals surface area contributed by atoms with Crippen molar-refractivity contribution in [1.29, 1.82) is 0 Å². The fraction of sp³-hybridized carbons (Fsp3) is 0.300. The van der Waals surface area contributed by atoms with Crippen LogP contribution in [0.25, 0.3) is 5.76 Å². The fourth-order valence-electron chi connectivity index (χ4n) is 4.35. The van der Waals surface area contributed by atoms with E-state index in [0.717, 1.165) is 23.1 Å². The molecule has 2 aromatic carbocycles. The summed E-state index contributed by atoms with van der Waals surface area (Å²) in [5.41, 5.74) is 3.20. The molecule has 186 valence electrons. The SMILES string of the molecule is CCCOc1cccc(/C(O)=C2\C(=O)C(=O)N(Cc3ccncc3)C2c2ccc(C(C)(C)C)cc2)c1. The number of Topliss-reactive ketones (excluding diaryl/α,β-unsaturated/α-hetero) is 1. The van der Waals surface area contributed by atoms with Crippen LogP contribution < -0.4 is 4.74 Å². The van der Waals surface area contributed by atoms with Gasteiger partial charge in [-0.2, -0.15) is 0 Å². The predicted molar refractivity (Wildman–Crippen MR) is 139 cm³/mol. The second-order valence-corrected chi connectivity index (χ2v) is 10.0. The van der Waals surface area contributed by atoms with Crippen LogP contribution in [0, 0.1) is 0 Å². The Bertz CT molecular complexity index is 1270. The van der Waals surface area contributed by atoms with Crippen LogP contribution in [0.5, 0.6) is 5.75 Å². The van der Waals surface area contributed by atoms with Crippen molar-refractivity contribution < 1.29 is 19.4 Å². The van der Waals surface area contributed by atoms with Gasteiger partial charge in [0, 0.05) is 24.5 Å². The fourth-order valence-corrected chi connectivity index (χ4v) is 4.35. The number of ketones is 1. The minimum absolute atomic E-state index is 0.0453. The normalized spacial score (nSPS) is 17.4. The number of benzene rings is 2. The van der Waals surface area contributed by atoms with Crippen molar-refractivity contribution in [2.45, 2.75) is 52.1 Å². The molecular weight excluding hydrogens is 452 g/mol. The lowest BCUT2D eigenvalue weighted by atomic mass is 9.85. The maximum Gasteiger partial charge on any atom is 0.295 e. The average Bonchev–Trinajstić information content (AvgIpc) is 3.12. The molecule has 6 nitrogen and oxygen atoms in total. The van der Waals surface area contributed by atoms with Crippen LogP contribution in [-0.4, -0.2) is 33.3 Å². The van der Waals surface area contributed by atoms with E-state index in [9.17, 15) is 14.7 Å². The topological polar surface area (TPSA) is 79.7 Å². The third kappa shape index (κ3) is 5.18. The van der Waals surface area contributed by atoms with E-state index in [1.54, 1.807) is 36.7 Å². The molecule has 1 fully saturated rings. The number of nitrogens with zero attached hydrogens (tertiary/aromatic N) is 2. The van der Waals surface area contributed by atoms with E-state index in [1.165, 1.54) is 4.90 Å². The molecule has 0 aliphatic carbocycles. The van der Waals surface area contributed by atoms with Gasteiger partial charge in [0.05, 0.1) is 18.2 Å². The van der Waals surface area contributed by atoms with E-state index >= 15 is 0 Å². The average molecular weight is 485 g/mol. The number of aliphatic hydroxyl groups excluding tert-OH is 1. The second kappa shape index (κ2) is 10.4. The molecule has 3 aromatic rings. The number of hydrogen-bond donors (Lipinski definition) is 1. The molecule has 2 heterocycles. The van der Waals surface area contributed by atoms with Crippen molar-refractivity contribution in [1.82, 2.24) is 9.88 Å². The van der Waals surface area contributed by atoms with Gasteiger partial charge in [-0.15, -0.1) is 0 Å². The van der Waals surface area contributed by atoms with Crippen LogP contribution in [-0.2, 0) is 21.5 Å². The van der Waals surface area contributed by atoms with Crippen molar-refractivity contribution in [3.63, 3.8) is 0 Å². The molecule has 1 unspecified atom stereocenters. The molecule has 1 amide bonds. The zero-order valence-electron chi connectivity index (χ0n) is 21.2. The molecule has 1 N–H and O–H groups in total. The molecule has 1 atom stereocenters. The summed E-state index contributed by atoms with van der Waals surface area (Å²) in [6.07, 6.45) is 4.16. The molecule has 1 saturated heterocycles. The maximum atomic E-state index is 13.3. The molecule has 1 aromatic heterocycles. The number of rotatable bonds is 7. The second-order valence-electron chi connectivity index (χ2n) is 10.0. The van der Waals surface area contributed by atoms with E-state index in [0.29, 0.717) is 17.9 Å². The van der Waals surface area contributed by atoms with E-state index in [-0.39, 0.29) is 23.3 Å². The summed E-state index contributed by atoms with van der Waals surface area (Å²) in [5.74, 6) is -0.960. The van der Waals surface area contributed by atoms with Crippen molar-refractivity contribution in [3.8, 4) is 5.75 Å². The van der Waals surface area contributed by atoms with E-state index in [4.69, 9.17) is 4.74 Å². The molecule has 0 saturated carbocycles. The van der Waals surface area contributed by atoms with Gasteiger partial charge in [-0.3, -0.25) is 14.6 Å². The van der Waals surface area contributed by atoms with Gasteiger partial charge in [0.2, 0.25) is 0 Å². The Balaban J connectivity index is 1.82. The number of aromatic nitrogens is 1. The number of aliphatic hydroxyl groups is 1. The van der Waals surface area contributed by atoms with Gasteiger partial charge in [-0.25, -0.2) is 0 Å². The molecule has 36 heavy (non-hydrogen) atoms. The predicted octanol–water partition coefficient (Wildman–Crippen LogP) is 5.79. The van der Waals surface area contributed by atoms with Gasteiger partial charge < -0.3 is 14.7 Å². The molecule has 0 radical (unpaired) electrons. The van der Waals surface area contributed by atoms with Gasteiger partial charge in [-0.1, -0.05) is 64.1 Å². The van der Waals surface area contributed by atoms with Gasteiger partial charge in [0.1, 0.15) is 11.5 Å². The zero-order valence-corrected chi connectivity index (χ0v) is 21.2. The van der Waals surface area contributed by atoms with Crippen LogP contribution in [0.15, 0.2) is 78.6 Å². The van der Waals surface area contributed by atoms with Gasteiger partial charge in [-0.05, 0) is 52.8 Å². The smallest absolute Gasteiger partial charge is 0.295 e. The standard InChI is InChI=1S/C30H32N2O4/c1-5-17-36-24-8-6-7-22(18-24)27(33)25-26(21-9-11-23(12-10-21)30(2,3)4)32(29(35)28(25)34)19-20-13-15-31-16-14-20/h6-16,18,26,33H,5,17,19H2,1-4H3/b27-25+. The lowest BCUT2D eigenvalue weighted by Crippen LogP contribution is -2.29. The number of carbonyl (C=O) groups is 2. The van der Waals surface area contributed by atoms with E-state index in [1.807, 2.05) is 43.3 Å². The number of hydrogen-bond acceptors (Lipinski definition) is 5. The molecule has 0 spiro atoms. The molecule has 0 bridgehead atoms. The van der Waals surface area contributed by atoms with Crippen LogP contribution in [0.4, 0.5) is 0 Å². The Morgan fingerprint density at radius 3 is 2.36 bits per heavy atom.